The number of nitro groups is 1. The van der Waals surface area contributed by atoms with Crippen LogP contribution in [0.5, 0.6) is 0 Å². The molecule has 2 N–H and O–H groups in total. The molecule has 104 valence electrons. The second kappa shape index (κ2) is 5.83. The minimum Gasteiger partial charge on any atom is -0.394 e. The number of anilines is 2. The highest BCUT2D eigenvalue weighted by atomic mass is 16.6. The van der Waals surface area contributed by atoms with E-state index >= 15 is 0 Å². The second-order valence-electron chi connectivity index (χ2n) is 4.60. The van der Waals surface area contributed by atoms with Gasteiger partial charge >= 0.3 is 0 Å². The average molecular weight is 266 g/mol. The zero-order valence-corrected chi connectivity index (χ0v) is 10.9. The van der Waals surface area contributed by atoms with Crippen molar-refractivity contribution in [1.29, 1.82) is 0 Å². The third-order valence-electron chi connectivity index (χ3n) is 3.40. The largest absolute Gasteiger partial charge is 0.394 e. The van der Waals surface area contributed by atoms with Crippen molar-refractivity contribution in [2.45, 2.75) is 25.3 Å². The van der Waals surface area contributed by atoms with Gasteiger partial charge in [0.2, 0.25) is 0 Å². The average Bonchev–Trinajstić information content (AvgIpc) is 2.46. The maximum atomic E-state index is 10.9. The number of aliphatic hydroxyl groups excluding tert-OH is 1. The number of rotatable bonds is 4. The van der Waals surface area contributed by atoms with E-state index in [9.17, 15) is 15.2 Å². The highest BCUT2D eigenvalue weighted by Gasteiger charge is 2.24. The smallest absolute Gasteiger partial charge is 0.276 e. The maximum Gasteiger partial charge on any atom is 0.276 e. The topological polar surface area (TPSA) is 91.5 Å². The predicted octanol–water partition coefficient (Wildman–Crippen LogP) is 1.38. The molecule has 0 spiro atoms. The Kier molecular flexibility index (Phi) is 4.16. The fourth-order valence-corrected chi connectivity index (χ4v) is 2.37. The summed E-state index contributed by atoms with van der Waals surface area (Å²) in [5, 5.41) is 23.2. The van der Waals surface area contributed by atoms with E-state index in [1.807, 2.05) is 4.90 Å². The molecular formula is C12H18N4O3. The Morgan fingerprint density at radius 1 is 1.58 bits per heavy atom. The molecule has 0 saturated carbocycles. The molecular weight excluding hydrogens is 248 g/mol. The third kappa shape index (κ3) is 2.93. The van der Waals surface area contributed by atoms with Gasteiger partial charge in [0.05, 0.1) is 29.7 Å². The predicted molar refractivity (Wildman–Crippen MR) is 72.5 cm³/mol. The molecule has 1 aliphatic rings. The van der Waals surface area contributed by atoms with Gasteiger partial charge in [-0.25, -0.2) is 4.98 Å². The van der Waals surface area contributed by atoms with Gasteiger partial charge < -0.3 is 15.3 Å². The first kappa shape index (κ1) is 13.5. The first-order chi connectivity index (χ1) is 9.15. The van der Waals surface area contributed by atoms with Crippen LogP contribution in [0, 0.1) is 10.1 Å². The lowest BCUT2D eigenvalue weighted by Gasteiger charge is -2.35. The zero-order chi connectivity index (χ0) is 13.8. The number of piperidine rings is 1. The first-order valence-corrected chi connectivity index (χ1v) is 6.37. The molecule has 7 nitrogen and oxygen atoms in total. The molecule has 1 saturated heterocycles. The Morgan fingerprint density at radius 2 is 2.37 bits per heavy atom. The highest BCUT2D eigenvalue weighted by molar-refractivity contribution is 5.56. The summed E-state index contributed by atoms with van der Waals surface area (Å²) in [4.78, 5) is 16.8. The van der Waals surface area contributed by atoms with Crippen LogP contribution in [0.4, 0.5) is 17.3 Å². The monoisotopic (exact) mass is 266 g/mol. The third-order valence-corrected chi connectivity index (χ3v) is 3.40. The van der Waals surface area contributed by atoms with Crippen LogP contribution >= 0.6 is 0 Å². The van der Waals surface area contributed by atoms with Gasteiger partial charge in [-0.05, 0) is 19.3 Å². The van der Waals surface area contributed by atoms with Crippen LogP contribution < -0.4 is 10.2 Å². The Labute approximate surface area is 111 Å². The lowest BCUT2D eigenvalue weighted by atomic mass is 10.0. The quantitative estimate of drug-likeness (QED) is 0.632. The van der Waals surface area contributed by atoms with Gasteiger partial charge in [-0.3, -0.25) is 10.1 Å². The Hall–Kier alpha value is -1.89. The lowest BCUT2D eigenvalue weighted by Crippen LogP contribution is -2.42. The molecule has 1 fully saturated rings. The number of nitrogens with zero attached hydrogens (tertiary/aromatic N) is 3. The Balaban J connectivity index is 2.36. The van der Waals surface area contributed by atoms with Crippen molar-refractivity contribution >= 4 is 17.3 Å². The highest BCUT2D eigenvalue weighted by Crippen LogP contribution is 2.28. The van der Waals surface area contributed by atoms with Gasteiger partial charge in [0.15, 0.2) is 0 Å². The van der Waals surface area contributed by atoms with E-state index in [-0.39, 0.29) is 18.3 Å². The van der Waals surface area contributed by atoms with Crippen LogP contribution in [0.2, 0.25) is 0 Å². The van der Waals surface area contributed by atoms with Crippen molar-refractivity contribution in [3.05, 3.63) is 22.2 Å². The molecule has 1 aromatic rings. The van der Waals surface area contributed by atoms with Gasteiger partial charge in [0.25, 0.3) is 5.69 Å². The standard InChI is InChI=1S/C12H18N4O3/c1-13-11-6-10(16(18)19)7-12(14-11)15-5-3-2-4-9(15)8-17/h6-7,9,17H,2-5,8H2,1H3,(H,13,14). The summed E-state index contributed by atoms with van der Waals surface area (Å²) in [7, 11) is 1.68. The zero-order valence-electron chi connectivity index (χ0n) is 10.9. The summed E-state index contributed by atoms with van der Waals surface area (Å²) >= 11 is 0. The van der Waals surface area contributed by atoms with Crippen LogP contribution in [0.15, 0.2) is 12.1 Å². The number of aromatic nitrogens is 1. The number of pyridine rings is 1. The number of hydrogen-bond donors (Lipinski definition) is 2. The van der Waals surface area contributed by atoms with Gasteiger partial charge in [-0.2, -0.15) is 0 Å². The van der Waals surface area contributed by atoms with E-state index in [1.54, 1.807) is 7.05 Å². The molecule has 1 aliphatic heterocycles. The number of hydrogen-bond acceptors (Lipinski definition) is 6. The molecule has 19 heavy (non-hydrogen) atoms. The van der Waals surface area contributed by atoms with Crippen molar-refractivity contribution in [1.82, 2.24) is 4.98 Å². The molecule has 7 heteroatoms. The van der Waals surface area contributed by atoms with Crippen molar-refractivity contribution in [3.63, 3.8) is 0 Å². The molecule has 0 aromatic carbocycles. The van der Waals surface area contributed by atoms with Crippen molar-refractivity contribution in [2.24, 2.45) is 0 Å². The first-order valence-electron chi connectivity index (χ1n) is 6.37. The molecule has 2 heterocycles. The minimum absolute atomic E-state index is 0.00652. The second-order valence-corrected chi connectivity index (χ2v) is 4.60. The van der Waals surface area contributed by atoms with E-state index in [2.05, 4.69) is 10.3 Å². The summed E-state index contributed by atoms with van der Waals surface area (Å²) in [5.41, 5.74) is 0.0108. The molecule has 0 aliphatic carbocycles. The van der Waals surface area contributed by atoms with Crippen molar-refractivity contribution in [3.8, 4) is 0 Å². The Morgan fingerprint density at radius 3 is 3.00 bits per heavy atom. The Bertz CT molecular complexity index is 466. The number of nitrogens with one attached hydrogen (secondary N) is 1. The van der Waals surface area contributed by atoms with E-state index in [0.29, 0.717) is 11.6 Å². The summed E-state index contributed by atoms with van der Waals surface area (Å²) in [6, 6.07) is 2.86. The maximum absolute atomic E-state index is 10.9. The molecule has 1 atom stereocenters. The number of aliphatic hydroxyl groups is 1. The lowest BCUT2D eigenvalue weighted by molar-refractivity contribution is -0.384. The van der Waals surface area contributed by atoms with E-state index in [0.717, 1.165) is 25.8 Å². The van der Waals surface area contributed by atoms with Gasteiger partial charge in [0, 0.05) is 13.6 Å². The van der Waals surface area contributed by atoms with Crippen molar-refractivity contribution < 1.29 is 10.0 Å². The molecule has 0 bridgehead atoms. The SMILES string of the molecule is CNc1cc([N+](=O)[O-])cc(N2CCCCC2CO)n1. The van der Waals surface area contributed by atoms with Gasteiger partial charge in [-0.15, -0.1) is 0 Å². The van der Waals surface area contributed by atoms with Crippen LogP contribution in [0.3, 0.4) is 0 Å². The van der Waals surface area contributed by atoms with E-state index < -0.39 is 4.92 Å². The van der Waals surface area contributed by atoms with Crippen LogP contribution in [-0.4, -0.2) is 41.3 Å². The molecule has 0 radical (unpaired) electrons. The van der Waals surface area contributed by atoms with Crippen LogP contribution in [0.1, 0.15) is 19.3 Å². The molecule has 2 rings (SSSR count). The summed E-state index contributed by atoms with van der Waals surface area (Å²) < 4.78 is 0. The fourth-order valence-electron chi connectivity index (χ4n) is 2.37. The van der Waals surface area contributed by atoms with Gasteiger partial charge in [-0.1, -0.05) is 0 Å². The molecule has 1 aromatic heterocycles. The fraction of sp³-hybridized carbons (Fsp3) is 0.583. The van der Waals surface area contributed by atoms with E-state index in [1.165, 1.54) is 12.1 Å². The normalized spacial score (nSPS) is 19.3. The molecule has 1 unspecified atom stereocenters. The van der Waals surface area contributed by atoms with Crippen molar-refractivity contribution in [2.75, 3.05) is 30.4 Å². The van der Waals surface area contributed by atoms with Gasteiger partial charge in [0.1, 0.15) is 11.6 Å². The van der Waals surface area contributed by atoms with Crippen LogP contribution in [-0.2, 0) is 0 Å². The summed E-state index contributed by atoms with van der Waals surface area (Å²) in [6.45, 7) is 0.807. The summed E-state index contributed by atoms with van der Waals surface area (Å²) in [6.07, 6.45) is 2.96. The molecule has 0 amide bonds. The minimum atomic E-state index is -0.427. The van der Waals surface area contributed by atoms with Crippen LogP contribution in [0.25, 0.3) is 0 Å². The summed E-state index contributed by atoms with van der Waals surface area (Å²) in [5.74, 6) is 1.02. The van der Waals surface area contributed by atoms with E-state index in [4.69, 9.17) is 0 Å².